The van der Waals surface area contributed by atoms with E-state index in [1.54, 1.807) is 12.1 Å². The zero-order chi connectivity index (χ0) is 14.9. The zero-order valence-corrected chi connectivity index (χ0v) is 11.1. The number of benzene rings is 2. The molecular weight excluding hydrogens is 262 g/mol. The third kappa shape index (κ3) is 2.93. The minimum atomic E-state index is -1.11. The second kappa shape index (κ2) is 5.28. The summed E-state index contributed by atoms with van der Waals surface area (Å²) in [6.07, 6.45) is 0. The quantitative estimate of drug-likeness (QED) is 0.826. The summed E-state index contributed by atoms with van der Waals surface area (Å²) in [7, 11) is 0. The molecule has 0 atom stereocenters. The monoisotopic (exact) mass is 276 g/mol. The molecule has 0 aliphatic rings. The van der Waals surface area contributed by atoms with E-state index in [1.807, 2.05) is 19.9 Å². The summed E-state index contributed by atoms with van der Waals surface area (Å²) in [6.45, 7) is 3.79. The van der Waals surface area contributed by atoms with Crippen LogP contribution in [0.25, 0.3) is 0 Å². The molecular formula is C15H14F2N2O. The van der Waals surface area contributed by atoms with Crippen LogP contribution in [0.15, 0.2) is 30.3 Å². The number of aryl methyl sites for hydroxylation is 2. The highest BCUT2D eigenvalue weighted by Crippen LogP contribution is 2.20. The fourth-order valence-electron chi connectivity index (χ4n) is 2.00. The van der Waals surface area contributed by atoms with Gasteiger partial charge in [0.2, 0.25) is 0 Å². The van der Waals surface area contributed by atoms with Gasteiger partial charge in [0.25, 0.3) is 5.91 Å². The van der Waals surface area contributed by atoms with Crippen molar-refractivity contribution < 1.29 is 13.6 Å². The van der Waals surface area contributed by atoms with Crippen molar-refractivity contribution in [3.8, 4) is 0 Å². The van der Waals surface area contributed by atoms with Gasteiger partial charge in [-0.3, -0.25) is 4.79 Å². The molecule has 0 saturated heterocycles. The van der Waals surface area contributed by atoms with Crippen molar-refractivity contribution in [3.05, 3.63) is 58.7 Å². The van der Waals surface area contributed by atoms with Gasteiger partial charge in [-0.1, -0.05) is 6.07 Å². The molecule has 2 aromatic carbocycles. The standard InChI is InChI=1S/C15H14F2N2O/c1-8-3-9(2)5-10(4-8)19-15(20)11-6-12(16)13(17)7-14(11)18/h3-7H,18H2,1-2H3,(H,19,20). The van der Waals surface area contributed by atoms with E-state index in [0.29, 0.717) is 5.69 Å². The SMILES string of the molecule is Cc1cc(C)cc(NC(=O)c2cc(F)c(F)cc2N)c1. The first-order chi connectivity index (χ1) is 9.36. The van der Waals surface area contributed by atoms with Gasteiger partial charge in [0.1, 0.15) is 0 Å². The van der Waals surface area contributed by atoms with Crippen LogP contribution in [-0.2, 0) is 0 Å². The second-order valence-corrected chi connectivity index (χ2v) is 4.68. The Morgan fingerprint density at radius 2 is 1.55 bits per heavy atom. The molecule has 0 heterocycles. The lowest BCUT2D eigenvalue weighted by molar-refractivity contribution is 0.102. The van der Waals surface area contributed by atoms with E-state index in [4.69, 9.17) is 5.73 Å². The van der Waals surface area contributed by atoms with Crippen LogP contribution in [0.1, 0.15) is 21.5 Å². The third-order valence-corrected chi connectivity index (χ3v) is 2.82. The molecule has 0 aliphatic carbocycles. The van der Waals surface area contributed by atoms with Gasteiger partial charge in [-0.15, -0.1) is 0 Å². The first kappa shape index (κ1) is 14.0. The van der Waals surface area contributed by atoms with Crippen molar-refractivity contribution in [2.24, 2.45) is 0 Å². The average Bonchev–Trinajstić information content (AvgIpc) is 2.32. The minimum absolute atomic E-state index is 0.0944. The molecule has 3 N–H and O–H groups in total. The highest BCUT2D eigenvalue weighted by molar-refractivity contribution is 6.07. The van der Waals surface area contributed by atoms with Crippen molar-refractivity contribution >= 4 is 17.3 Å². The van der Waals surface area contributed by atoms with E-state index in [2.05, 4.69) is 5.32 Å². The molecule has 0 spiro atoms. The number of anilines is 2. The smallest absolute Gasteiger partial charge is 0.257 e. The van der Waals surface area contributed by atoms with Gasteiger partial charge in [-0.05, 0) is 43.2 Å². The van der Waals surface area contributed by atoms with Crippen LogP contribution in [-0.4, -0.2) is 5.91 Å². The van der Waals surface area contributed by atoms with Crippen LogP contribution in [0, 0.1) is 25.5 Å². The molecule has 5 heteroatoms. The highest BCUT2D eigenvalue weighted by atomic mass is 19.2. The molecule has 0 aromatic heterocycles. The number of nitrogens with one attached hydrogen (secondary N) is 1. The van der Waals surface area contributed by atoms with E-state index >= 15 is 0 Å². The second-order valence-electron chi connectivity index (χ2n) is 4.68. The largest absolute Gasteiger partial charge is 0.398 e. The third-order valence-electron chi connectivity index (χ3n) is 2.82. The summed E-state index contributed by atoms with van der Waals surface area (Å²) < 4.78 is 26.1. The lowest BCUT2D eigenvalue weighted by atomic mass is 10.1. The lowest BCUT2D eigenvalue weighted by Crippen LogP contribution is -2.15. The number of amides is 1. The van der Waals surface area contributed by atoms with Gasteiger partial charge < -0.3 is 11.1 Å². The Bertz CT molecular complexity index is 664. The van der Waals surface area contributed by atoms with Crippen molar-refractivity contribution in [1.29, 1.82) is 0 Å². The van der Waals surface area contributed by atoms with E-state index in [-0.39, 0.29) is 11.3 Å². The van der Waals surface area contributed by atoms with Crippen LogP contribution >= 0.6 is 0 Å². The maximum Gasteiger partial charge on any atom is 0.257 e. The zero-order valence-electron chi connectivity index (χ0n) is 11.1. The van der Waals surface area contributed by atoms with Gasteiger partial charge in [0.05, 0.1) is 5.56 Å². The lowest BCUT2D eigenvalue weighted by Gasteiger charge is -2.09. The van der Waals surface area contributed by atoms with Gasteiger partial charge in [-0.25, -0.2) is 8.78 Å². The molecule has 0 radical (unpaired) electrons. The number of nitrogens with two attached hydrogens (primary N) is 1. The molecule has 2 rings (SSSR count). The normalized spacial score (nSPS) is 10.4. The Labute approximate surface area is 115 Å². The number of carbonyl (C=O) groups is 1. The molecule has 104 valence electrons. The van der Waals surface area contributed by atoms with Gasteiger partial charge in [-0.2, -0.15) is 0 Å². The molecule has 0 fully saturated rings. The fraction of sp³-hybridized carbons (Fsp3) is 0.133. The Balaban J connectivity index is 2.30. The maximum absolute atomic E-state index is 13.2. The molecule has 2 aromatic rings. The number of hydrogen-bond acceptors (Lipinski definition) is 2. The predicted octanol–water partition coefficient (Wildman–Crippen LogP) is 3.42. The van der Waals surface area contributed by atoms with Crippen LogP contribution in [0.2, 0.25) is 0 Å². The van der Waals surface area contributed by atoms with Crippen LogP contribution in [0.4, 0.5) is 20.2 Å². The molecule has 0 unspecified atom stereocenters. The van der Waals surface area contributed by atoms with E-state index < -0.39 is 17.5 Å². The van der Waals surface area contributed by atoms with Crippen molar-refractivity contribution in [3.63, 3.8) is 0 Å². The van der Waals surface area contributed by atoms with E-state index in [1.165, 1.54) is 0 Å². The van der Waals surface area contributed by atoms with Crippen molar-refractivity contribution in [2.75, 3.05) is 11.1 Å². The van der Waals surface area contributed by atoms with E-state index in [0.717, 1.165) is 23.3 Å². The summed E-state index contributed by atoms with van der Waals surface area (Å²) in [4.78, 5) is 12.0. The molecule has 1 amide bonds. The Morgan fingerprint density at radius 1 is 1.00 bits per heavy atom. The Morgan fingerprint density at radius 3 is 2.15 bits per heavy atom. The van der Waals surface area contributed by atoms with E-state index in [9.17, 15) is 13.6 Å². The number of rotatable bonds is 2. The van der Waals surface area contributed by atoms with Crippen LogP contribution in [0.5, 0.6) is 0 Å². The average molecular weight is 276 g/mol. The highest BCUT2D eigenvalue weighted by Gasteiger charge is 2.14. The molecule has 3 nitrogen and oxygen atoms in total. The summed E-state index contributed by atoms with van der Waals surface area (Å²) in [5, 5.41) is 2.62. The van der Waals surface area contributed by atoms with Gasteiger partial charge >= 0.3 is 0 Å². The summed E-state index contributed by atoms with van der Waals surface area (Å²) in [5.74, 6) is -2.76. The van der Waals surface area contributed by atoms with Crippen molar-refractivity contribution in [1.82, 2.24) is 0 Å². The number of nitrogen functional groups attached to an aromatic ring is 1. The molecule has 20 heavy (non-hydrogen) atoms. The molecule has 0 bridgehead atoms. The number of carbonyl (C=O) groups excluding carboxylic acids is 1. The van der Waals surface area contributed by atoms with Crippen molar-refractivity contribution in [2.45, 2.75) is 13.8 Å². The first-order valence-electron chi connectivity index (χ1n) is 6.01. The van der Waals surface area contributed by atoms with Crippen LogP contribution in [0.3, 0.4) is 0 Å². The van der Waals surface area contributed by atoms with Crippen LogP contribution < -0.4 is 11.1 Å². The number of hydrogen-bond donors (Lipinski definition) is 2. The van der Waals surface area contributed by atoms with Gasteiger partial charge in [0.15, 0.2) is 11.6 Å². The topological polar surface area (TPSA) is 55.1 Å². The summed E-state index contributed by atoms with van der Waals surface area (Å²) in [6, 6.07) is 7.11. The summed E-state index contributed by atoms with van der Waals surface area (Å²) >= 11 is 0. The fourth-order valence-corrected chi connectivity index (χ4v) is 2.00. The predicted molar refractivity (Wildman–Crippen MR) is 74.6 cm³/mol. The molecule has 0 saturated carbocycles. The Hall–Kier alpha value is -2.43. The summed E-state index contributed by atoms with van der Waals surface area (Å²) in [5.41, 5.74) is 7.89. The first-order valence-corrected chi connectivity index (χ1v) is 6.01. The maximum atomic E-state index is 13.2. The van der Waals surface area contributed by atoms with Gasteiger partial charge in [0, 0.05) is 17.4 Å². The molecule has 0 aliphatic heterocycles. The number of halogens is 2. The minimum Gasteiger partial charge on any atom is -0.398 e. The Kier molecular flexibility index (Phi) is 3.70.